The summed E-state index contributed by atoms with van der Waals surface area (Å²) in [5.41, 5.74) is 7.73. The van der Waals surface area contributed by atoms with Crippen LogP contribution in [0.3, 0.4) is 0 Å². The second-order valence-corrected chi connectivity index (χ2v) is 23.4. The molecule has 17 nitrogen and oxygen atoms in total. The van der Waals surface area contributed by atoms with Gasteiger partial charge in [0.05, 0.1) is 74.6 Å². The molecule has 2 aliphatic heterocycles. The van der Waals surface area contributed by atoms with E-state index in [1.165, 1.54) is 24.3 Å². The van der Waals surface area contributed by atoms with E-state index in [-0.39, 0.29) is 58.2 Å². The van der Waals surface area contributed by atoms with Crippen LogP contribution in [0, 0.1) is 0 Å². The molecule has 3 aromatic carbocycles. The number of carbonyl (C=O) groups is 2. The number of aromatic nitrogens is 6. The number of benzene rings is 3. The van der Waals surface area contributed by atoms with E-state index in [0.717, 1.165) is 56.2 Å². The Bertz CT molecular complexity index is 3820. The molecule has 8 heterocycles. The summed E-state index contributed by atoms with van der Waals surface area (Å²) in [6.45, 7) is 7.69. The summed E-state index contributed by atoms with van der Waals surface area (Å²) in [6, 6.07) is 42.7. The number of unbranched alkanes of at least 4 members (excludes halogenated alkanes) is 2. The van der Waals surface area contributed by atoms with E-state index in [9.17, 15) is 27.9 Å². The summed E-state index contributed by atoms with van der Waals surface area (Å²) < 4.78 is 46.4. The highest BCUT2D eigenvalue weighted by molar-refractivity contribution is 7.91. The summed E-state index contributed by atoms with van der Waals surface area (Å²) in [4.78, 5) is 68.2. The Hall–Kier alpha value is -8.81. The molecular weight excluding hydrogens is 1080 g/mol. The highest BCUT2D eigenvalue weighted by Crippen LogP contribution is 2.41. The average Bonchev–Trinajstić information content (AvgIpc) is 1.65. The molecule has 0 saturated heterocycles. The Labute approximate surface area is 487 Å². The van der Waals surface area contributed by atoms with Crippen LogP contribution in [-0.4, -0.2) is 77.1 Å². The molecule has 0 aliphatic carbocycles. The van der Waals surface area contributed by atoms with Crippen molar-refractivity contribution in [3.8, 4) is 22.9 Å². The first-order valence-corrected chi connectivity index (χ1v) is 30.0. The maximum Gasteiger partial charge on any atom is 0.343 e. The molecule has 0 fully saturated rings. The van der Waals surface area contributed by atoms with Gasteiger partial charge in [-0.15, -0.1) is 0 Å². The third-order valence-corrected chi connectivity index (χ3v) is 17.2. The van der Waals surface area contributed by atoms with Crippen LogP contribution in [0.4, 0.5) is 0 Å². The van der Waals surface area contributed by atoms with Crippen molar-refractivity contribution in [2.75, 3.05) is 12.4 Å². The van der Waals surface area contributed by atoms with Gasteiger partial charge in [-0.2, -0.15) is 0 Å². The molecule has 0 radical (unpaired) electrons. The molecule has 11 rings (SSSR count). The van der Waals surface area contributed by atoms with Gasteiger partial charge >= 0.3 is 11.9 Å². The van der Waals surface area contributed by atoms with Crippen molar-refractivity contribution in [2.24, 2.45) is 0 Å². The number of fused-ring (bicyclic) bond motifs is 5. The zero-order valence-electron chi connectivity index (χ0n) is 46.9. The number of carbonyl (C=O) groups excluding carboxylic acids is 2. The van der Waals surface area contributed by atoms with E-state index in [1.54, 1.807) is 35.8 Å². The molecule has 0 unspecified atom stereocenters. The third-order valence-electron chi connectivity index (χ3n) is 15.4. The third kappa shape index (κ3) is 12.9. The van der Waals surface area contributed by atoms with Crippen molar-refractivity contribution < 1.29 is 37.3 Å². The van der Waals surface area contributed by atoms with Gasteiger partial charge in [0.2, 0.25) is 0 Å². The first-order chi connectivity index (χ1) is 40.8. The summed E-state index contributed by atoms with van der Waals surface area (Å²) in [5.74, 6) is -0.534. The van der Waals surface area contributed by atoms with Gasteiger partial charge in [0.25, 0.3) is 5.56 Å². The number of hydrogen-bond acceptors (Lipinski definition) is 16. The van der Waals surface area contributed by atoms with E-state index in [1.807, 2.05) is 105 Å². The van der Waals surface area contributed by atoms with Crippen LogP contribution in [0.2, 0.25) is 0 Å². The molecule has 2 aliphatic rings. The number of nitrogens with zero attached hydrogens (tertiary/aromatic N) is 8. The van der Waals surface area contributed by atoms with Gasteiger partial charge < -0.3 is 23.9 Å². The van der Waals surface area contributed by atoms with Crippen molar-refractivity contribution in [3.63, 3.8) is 0 Å². The van der Waals surface area contributed by atoms with Crippen LogP contribution in [0.5, 0.6) is 11.5 Å². The fourth-order valence-electron chi connectivity index (χ4n) is 11.2. The molecule has 0 amide bonds. The number of hydrogen-bond donors (Lipinski definition) is 1. The molecule has 6 aromatic heterocycles. The standard InChI is InChI=1S/C66H64N8O9S/c1-3-55-56-35-52(22-25-60(56)71-62-57(55)43-74-61(62)36-59-58(63(74)75)44-82-65(77)66(59,78)4-2)83-64(76)47-20-23-54(24-21-47)84(79,80)31-15-5-14-30-81-53-33-45(37-72(39-48-16-6-10-26-67-48)40-49-17-7-11-27-68-49)32-46(34-53)38-73(41-50-18-8-12-28-69-50)42-51-19-9-13-29-70-51/h6-13,16-29,32-36,78H,3-5,14-15,30-31,37-44H2,1-2H3/t66-/m1/s1. The highest BCUT2D eigenvalue weighted by atomic mass is 32.2. The Balaban J connectivity index is 0.730. The van der Waals surface area contributed by atoms with Crippen molar-refractivity contribution in [1.82, 2.24) is 39.3 Å². The monoisotopic (exact) mass is 1140 g/mol. The lowest BCUT2D eigenvalue weighted by atomic mass is 9.86. The second-order valence-electron chi connectivity index (χ2n) is 21.3. The molecule has 0 saturated carbocycles. The molecule has 428 valence electrons. The summed E-state index contributed by atoms with van der Waals surface area (Å²) >= 11 is 0. The minimum atomic E-state index is -3.68. The number of ether oxygens (including phenoxy) is 3. The molecule has 0 bridgehead atoms. The smallest absolute Gasteiger partial charge is 0.343 e. The predicted octanol–water partition coefficient (Wildman–Crippen LogP) is 9.87. The zero-order valence-corrected chi connectivity index (χ0v) is 47.7. The van der Waals surface area contributed by atoms with Crippen molar-refractivity contribution in [1.29, 1.82) is 0 Å². The minimum absolute atomic E-state index is 0.0388. The van der Waals surface area contributed by atoms with Gasteiger partial charge in [-0.05, 0) is 158 Å². The van der Waals surface area contributed by atoms with Crippen LogP contribution in [-0.2, 0) is 83.8 Å². The molecule has 18 heteroatoms. The SMILES string of the molecule is CCc1c2c(nc3ccc(OC(=O)c4ccc(S(=O)(=O)CCCCCOc5cc(CN(Cc6ccccn6)Cc6ccccn6)cc(CN(Cc6ccccn6)Cc6ccccn6)c5)cc4)cc13)-c1cc3c(c(=O)n1C2)COC(=O)[C@@]3(O)CC. The Morgan fingerprint density at radius 1 is 0.667 bits per heavy atom. The van der Waals surface area contributed by atoms with Crippen molar-refractivity contribution in [2.45, 2.75) is 109 Å². The van der Waals surface area contributed by atoms with Gasteiger partial charge in [0, 0.05) is 80.6 Å². The highest BCUT2D eigenvalue weighted by Gasteiger charge is 2.45. The number of rotatable bonds is 24. The molecule has 1 N–H and O–H groups in total. The first-order valence-electron chi connectivity index (χ1n) is 28.3. The molecule has 9 aromatic rings. The molecule has 84 heavy (non-hydrogen) atoms. The van der Waals surface area contributed by atoms with Crippen LogP contribution < -0.4 is 15.0 Å². The lowest BCUT2D eigenvalue weighted by Crippen LogP contribution is -2.44. The molecule has 1 atom stereocenters. The summed E-state index contributed by atoms with van der Waals surface area (Å²) in [6.07, 6.45) is 9.50. The number of esters is 2. The van der Waals surface area contributed by atoms with E-state index < -0.39 is 27.4 Å². The maximum absolute atomic E-state index is 13.8. The van der Waals surface area contributed by atoms with Gasteiger partial charge in [-0.1, -0.05) is 44.2 Å². The van der Waals surface area contributed by atoms with E-state index in [2.05, 4.69) is 47.9 Å². The van der Waals surface area contributed by atoms with E-state index in [0.29, 0.717) is 88.5 Å². The number of aliphatic hydroxyl groups is 1. The van der Waals surface area contributed by atoms with Gasteiger partial charge in [-0.25, -0.2) is 23.0 Å². The Morgan fingerprint density at radius 2 is 1.25 bits per heavy atom. The number of sulfone groups is 1. The maximum atomic E-state index is 13.8. The number of pyridine rings is 6. The van der Waals surface area contributed by atoms with Crippen LogP contribution in [0.25, 0.3) is 22.3 Å². The largest absolute Gasteiger partial charge is 0.494 e. The van der Waals surface area contributed by atoms with E-state index >= 15 is 0 Å². The van der Waals surface area contributed by atoms with Gasteiger partial charge in [-0.3, -0.25) is 34.5 Å². The first kappa shape index (κ1) is 57.0. The topological polar surface area (TPSA) is 209 Å². The van der Waals surface area contributed by atoms with Gasteiger partial charge in [0.1, 0.15) is 18.1 Å². The number of aryl methyl sites for hydroxylation is 1. The van der Waals surface area contributed by atoms with Crippen molar-refractivity contribution >= 4 is 32.7 Å². The molecule has 0 spiro atoms. The number of cyclic esters (lactones) is 1. The predicted molar refractivity (Wildman–Crippen MR) is 316 cm³/mol. The minimum Gasteiger partial charge on any atom is -0.494 e. The van der Waals surface area contributed by atoms with E-state index in [4.69, 9.17) is 19.2 Å². The van der Waals surface area contributed by atoms with Crippen LogP contribution in [0.15, 0.2) is 174 Å². The Morgan fingerprint density at radius 3 is 1.79 bits per heavy atom. The summed E-state index contributed by atoms with van der Waals surface area (Å²) in [5, 5.41) is 12.1. The Kier molecular flexibility index (Phi) is 17.2. The lowest BCUT2D eigenvalue weighted by Gasteiger charge is -2.31. The summed E-state index contributed by atoms with van der Waals surface area (Å²) in [7, 11) is -3.68. The van der Waals surface area contributed by atoms with Gasteiger partial charge in [0.15, 0.2) is 15.4 Å². The van der Waals surface area contributed by atoms with Crippen molar-refractivity contribution in [3.05, 3.63) is 236 Å². The normalized spacial score (nSPS) is 14.5. The lowest BCUT2D eigenvalue weighted by molar-refractivity contribution is -0.172. The van der Waals surface area contributed by atoms with Crippen LogP contribution >= 0.6 is 0 Å². The fourth-order valence-corrected chi connectivity index (χ4v) is 12.6. The zero-order chi connectivity index (χ0) is 58.2. The van der Waals surface area contributed by atoms with Crippen LogP contribution in [0.1, 0.15) is 106 Å². The molecular formula is C66H64N8O9S. The fraction of sp³-hybridized carbons (Fsp3) is 0.273. The second kappa shape index (κ2) is 25.4. The quantitative estimate of drug-likeness (QED) is 0.0339. The average molecular weight is 1150 g/mol.